The van der Waals surface area contributed by atoms with Crippen molar-refractivity contribution in [1.82, 2.24) is 13.7 Å². The molecule has 7 nitrogen and oxygen atoms in total. The summed E-state index contributed by atoms with van der Waals surface area (Å²) < 4.78 is 10.2. The fraction of sp³-hybridized carbons (Fsp3) is 0.143. The van der Waals surface area contributed by atoms with Crippen LogP contribution in [0.15, 0.2) is 82.4 Å². The largest absolute Gasteiger partial charge is 0.497 e. The Bertz CT molecular complexity index is 1760. The lowest BCUT2D eigenvalue weighted by Crippen LogP contribution is -2.37. The van der Waals surface area contributed by atoms with Gasteiger partial charge in [-0.15, -0.1) is 0 Å². The number of aromatic nitrogens is 3. The zero-order valence-corrected chi connectivity index (χ0v) is 20.7. The molecule has 0 saturated carbocycles. The van der Waals surface area contributed by atoms with E-state index < -0.39 is 0 Å². The van der Waals surface area contributed by atoms with E-state index in [4.69, 9.17) is 16.3 Å². The van der Waals surface area contributed by atoms with Crippen LogP contribution >= 0.6 is 11.6 Å². The molecule has 0 spiro atoms. The van der Waals surface area contributed by atoms with Crippen molar-refractivity contribution in [2.45, 2.75) is 6.04 Å². The van der Waals surface area contributed by atoms with Crippen LogP contribution < -0.4 is 21.3 Å². The molecular formula is C28H23ClN4O3. The van der Waals surface area contributed by atoms with E-state index >= 15 is 0 Å². The highest BCUT2D eigenvalue weighted by Gasteiger charge is 2.34. The van der Waals surface area contributed by atoms with Crippen LogP contribution in [0.4, 0.5) is 5.69 Å². The number of rotatable bonds is 3. The van der Waals surface area contributed by atoms with E-state index in [0.29, 0.717) is 15.9 Å². The van der Waals surface area contributed by atoms with E-state index in [-0.39, 0.29) is 17.3 Å². The number of halogens is 1. The first-order chi connectivity index (χ1) is 17.4. The van der Waals surface area contributed by atoms with Gasteiger partial charge in [0.05, 0.1) is 46.8 Å². The van der Waals surface area contributed by atoms with Crippen molar-refractivity contribution in [3.05, 3.63) is 110 Å². The number of ether oxygens (including phenoxy) is 1. The Morgan fingerprint density at radius 2 is 1.58 bits per heavy atom. The summed E-state index contributed by atoms with van der Waals surface area (Å²) in [7, 11) is 4.84. The maximum Gasteiger partial charge on any atom is 0.331 e. The predicted molar refractivity (Wildman–Crippen MR) is 143 cm³/mol. The molecule has 0 radical (unpaired) electrons. The van der Waals surface area contributed by atoms with E-state index in [2.05, 4.69) is 9.88 Å². The number of anilines is 1. The van der Waals surface area contributed by atoms with Gasteiger partial charge in [0.15, 0.2) is 0 Å². The Morgan fingerprint density at radius 3 is 2.28 bits per heavy atom. The molecule has 1 N–H and O–H groups in total. The number of para-hydroxylation sites is 2. The number of hydrogen-bond donors (Lipinski definition) is 1. The molecular weight excluding hydrogens is 476 g/mol. The summed E-state index contributed by atoms with van der Waals surface area (Å²) in [6.45, 7) is 0. The molecule has 1 aliphatic rings. The van der Waals surface area contributed by atoms with Gasteiger partial charge in [0.25, 0.3) is 5.56 Å². The number of aryl methyl sites for hydroxylation is 1. The average molecular weight is 499 g/mol. The Hall–Kier alpha value is -4.23. The minimum absolute atomic E-state index is 0.329. The fourth-order valence-electron chi connectivity index (χ4n) is 5.15. The maximum atomic E-state index is 13.7. The third kappa shape index (κ3) is 3.13. The monoisotopic (exact) mass is 498 g/mol. The summed E-state index contributed by atoms with van der Waals surface area (Å²) in [5.74, 6) is 0.717. The molecule has 6 rings (SSSR count). The smallest absolute Gasteiger partial charge is 0.331 e. The van der Waals surface area contributed by atoms with Crippen molar-refractivity contribution in [2.75, 3.05) is 12.4 Å². The van der Waals surface area contributed by atoms with Crippen molar-refractivity contribution in [1.29, 1.82) is 0 Å². The lowest BCUT2D eigenvalue weighted by molar-refractivity contribution is 0.415. The molecule has 1 atom stereocenters. The molecule has 3 aromatic carbocycles. The normalized spacial score (nSPS) is 14.3. The Balaban J connectivity index is 1.83. The van der Waals surface area contributed by atoms with E-state index in [0.717, 1.165) is 44.2 Å². The van der Waals surface area contributed by atoms with Gasteiger partial charge in [0, 0.05) is 19.1 Å². The summed E-state index contributed by atoms with van der Waals surface area (Å²) in [4.78, 5) is 26.8. The first-order valence-electron chi connectivity index (χ1n) is 11.5. The minimum atomic E-state index is -0.379. The molecule has 180 valence electrons. The first-order valence-corrected chi connectivity index (χ1v) is 11.9. The van der Waals surface area contributed by atoms with E-state index in [1.807, 2.05) is 72.8 Å². The van der Waals surface area contributed by atoms with Gasteiger partial charge in [-0.05, 0) is 59.7 Å². The van der Waals surface area contributed by atoms with Crippen molar-refractivity contribution in [2.24, 2.45) is 14.1 Å². The van der Waals surface area contributed by atoms with Gasteiger partial charge in [-0.1, -0.05) is 35.9 Å². The molecule has 0 saturated heterocycles. The summed E-state index contributed by atoms with van der Waals surface area (Å²) in [5.41, 5.74) is 5.04. The second-order valence-electron chi connectivity index (χ2n) is 8.87. The molecule has 1 aliphatic heterocycles. The van der Waals surface area contributed by atoms with Crippen LogP contribution in [0.5, 0.6) is 5.75 Å². The number of nitrogens with zero attached hydrogens (tertiary/aromatic N) is 3. The minimum Gasteiger partial charge on any atom is -0.497 e. The van der Waals surface area contributed by atoms with E-state index in [1.54, 1.807) is 18.7 Å². The van der Waals surface area contributed by atoms with Gasteiger partial charge in [-0.25, -0.2) is 4.79 Å². The third-order valence-electron chi connectivity index (χ3n) is 6.89. The molecule has 36 heavy (non-hydrogen) atoms. The topological polar surface area (TPSA) is 70.2 Å². The van der Waals surface area contributed by atoms with Crippen LogP contribution in [-0.4, -0.2) is 20.8 Å². The van der Waals surface area contributed by atoms with Gasteiger partial charge in [0.2, 0.25) is 0 Å². The zero-order chi connectivity index (χ0) is 25.1. The number of hydrogen-bond acceptors (Lipinski definition) is 4. The average Bonchev–Trinajstić information content (AvgIpc) is 3.27. The predicted octanol–water partition coefficient (Wildman–Crippen LogP) is 4.87. The van der Waals surface area contributed by atoms with Crippen LogP contribution in [0.25, 0.3) is 27.8 Å². The van der Waals surface area contributed by atoms with Crippen molar-refractivity contribution < 1.29 is 4.74 Å². The quantitative estimate of drug-likeness (QED) is 0.385. The highest BCUT2D eigenvalue weighted by atomic mass is 35.5. The number of fused-ring (bicyclic) bond motifs is 5. The Labute approximate surface area is 211 Å². The molecule has 2 aromatic heterocycles. The van der Waals surface area contributed by atoms with Gasteiger partial charge in [-0.2, -0.15) is 0 Å². The molecule has 0 amide bonds. The van der Waals surface area contributed by atoms with Crippen LogP contribution in [0.1, 0.15) is 17.3 Å². The summed E-state index contributed by atoms with van der Waals surface area (Å²) >= 11 is 6.19. The SMILES string of the molecule is COc1ccc(-c2c3c(=O)n(C)c(=O)n(C)c3c3n2-c2ccccc2NC3c2ccc(Cl)cc2)cc1. The fourth-order valence-corrected chi connectivity index (χ4v) is 5.27. The lowest BCUT2D eigenvalue weighted by Gasteiger charge is -2.31. The summed E-state index contributed by atoms with van der Waals surface area (Å²) in [5, 5.41) is 4.75. The molecule has 0 fully saturated rings. The van der Waals surface area contributed by atoms with Crippen molar-refractivity contribution >= 4 is 28.2 Å². The van der Waals surface area contributed by atoms with Crippen molar-refractivity contribution in [3.63, 3.8) is 0 Å². The van der Waals surface area contributed by atoms with Gasteiger partial charge < -0.3 is 14.6 Å². The molecule has 1 unspecified atom stereocenters. The summed E-state index contributed by atoms with van der Waals surface area (Å²) in [6, 6.07) is 22.9. The number of benzene rings is 3. The number of nitrogens with one attached hydrogen (secondary N) is 1. The van der Waals surface area contributed by atoms with Crippen LogP contribution in [-0.2, 0) is 14.1 Å². The van der Waals surface area contributed by atoms with Gasteiger partial charge in [0.1, 0.15) is 5.75 Å². The highest BCUT2D eigenvalue weighted by Crippen LogP contribution is 2.45. The maximum absolute atomic E-state index is 13.7. The molecule has 0 aliphatic carbocycles. The van der Waals surface area contributed by atoms with Gasteiger partial charge in [-0.3, -0.25) is 13.9 Å². The molecule has 8 heteroatoms. The zero-order valence-electron chi connectivity index (χ0n) is 19.9. The van der Waals surface area contributed by atoms with Crippen LogP contribution in [0.2, 0.25) is 5.02 Å². The molecule has 3 heterocycles. The van der Waals surface area contributed by atoms with Crippen LogP contribution in [0.3, 0.4) is 0 Å². The first kappa shape index (κ1) is 22.2. The number of methoxy groups -OCH3 is 1. The molecule has 0 bridgehead atoms. The second kappa shape index (κ2) is 8.17. The second-order valence-corrected chi connectivity index (χ2v) is 9.31. The van der Waals surface area contributed by atoms with E-state index in [9.17, 15) is 9.59 Å². The Kier molecular flexibility index (Phi) is 5.05. The van der Waals surface area contributed by atoms with E-state index in [1.165, 1.54) is 7.05 Å². The van der Waals surface area contributed by atoms with Crippen LogP contribution in [0, 0.1) is 0 Å². The van der Waals surface area contributed by atoms with Crippen molar-refractivity contribution in [3.8, 4) is 22.7 Å². The standard InChI is InChI=1S/C28H23ClN4O3/c1-31-25-22(27(34)32(2)28(31)35)24(17-10-14-19(36-3)15-11-17)33-21-7-5-4-6-20(21)30-23(26(25)33)16-8-12-18(29)13-9-16/h4-15,23,30H,1-3H3. The summed E-state index contributed by atoms with van der Waals surface area (Å²) in [6.07, 6.45) is 0. The third-order valence-corrected chi connectivity index (χ3v) is 7.15. The van der Waals surface area contributed by atoms with Gasteiger partial charge >= 0.3 is 5.69 Å². The molecule has 5 aromatic rings. The highest BCUT2D eigenvalue weighted by molar-refractivity contribution is 6.30. The Morgan fingerprint density at radius 1 is 0.889 bits per heavy atom. The lowest BCUT2D eigenvalue weighted by atomic mass is 9.99.